The highest BCUT2D eigenvalue weighted by atomic mass is 35.5. The lowest BCUT2D eigenvalue weighted by atomic mass is 10.1. The van der Waals surface area contributed by atoms with Gasteiger partial charge in [-0.05, 0) is 17.7 Å². The minimum absolute atomic E-state index is 0.225. The molecule has 0 aliphatic carbocycles. The lowest BCUT2D eigenvalue weighted by molar-refractivity contribution is 0.626. The van der Waals surface area contributed by atoms with E-state index in [4.69, 9.17) is 11.6 Å². The van der Waals surface area contributed by atoms with Crippen LogP contribution in [-0.4, -0.2) is 9.97 Å². The summed E-state index contributed by atoms with van der Waals surface area (Å²) in [6.07, 6.45) is 2.29. The van der Waals surface area contributed by atoms with Crippen molar-refractivity contribution in [3.63, 3.8) is 0 Å². The molecule has 1 N–H and O–H groups in total. The van der Waals surface area contributed by atoms with E-state index < -0.39 is 0 Å². The average Bonchev–Trinajstić information content (AvgIpc) is 2.65. The van der Waals surface area contributed by atoms with E-state index in [0.717, 1.165) is 17.1 Å². The highest BCUT2D eigenvalue weighted by molar-refractivity contribution is 6.16. The lowest BCUT2D eigenvalue weighted by Gasteiger charge is -1.98. The summed E-state index contributed by atoms with van der Waals surface area (Å²) in [4.78, 5) is 7.21. The second-order valence-electron chi connectivity index (χ2n) is 3.30. The molecule has 0 saturated carbocycles. The Bertz CT molecular complexity index is 453. The summed E-state index contributed by atoms with van der Waals surface area (Å²) in [5.74, 6) is 0.990. The smallest absolute Gasteiger partial charge is 0.123 e. The van der Waals surface area contributed by atoms with Crippen LogP contribution in [0.3, 0.4) is 0 Å². The van der Waals surface area contributed by atoms with Gasteiger partial charge in [-0.3, -0.25) is 0 Å². The Kier molecular flexibility index (Phi) is 3.02. The maximum Gasteiger partial charge on any atom is 0.123 e. The van der Waals surface area contributed by atoms with E-state index >= 15 is 0 Å². The Hall–Kier alpha value is -1.35. The number of H-pyrrole nitrogens is 1. The molecular weight excluding hydrogens is 215 g/mol. The summed E-state index contributed by atoms with van der Waals surface area (Å²) in [6, 6.07) is 6.49. The molecule has 1 aromatic heterocycles. The molecule has 0 fully saturated rings. The first-order valence-corrected chi connectivity index (χ1v) is 5.14. The molecule has 1 aromatic carbocycles. The van der Waals surface area contributed by atoms with E-state index in [0.29, 0.717) is 12.3 Å². The molecule has 78 valence electrons. The van der Waals surface area contributed by atoms with Crippen LogP contribution in [0.25, 0.3) is 0 Å². The van der Waals surface area contributed by atoms with Crippen molar-refractivity contribution in [1.82, 2.24) is 9.97 Å². The highest BCUT2D eigenvalue weighted by Crippen LogP contribution is 2.09. The number of rotatable bonds is 3. The maximum atomic E-state index is 12.9. The largest absolute Gasteiger partial charge is 0.345 e. The minimum atomic E-state index is -0.225. The fourth-order valence-electron chi connectivity index (χ4n) is 1.40. The van der Waals surface area contributed by atoms with Gasteiger partial charge in [-0.2, -0.15) is 0 Å². The standard InChI is InChI=1S/C11H10ClFN2/c12-6-10-7-14-11(15-10)5-8-2-1-3-9(13)4-8/h1-4,7H,5-6H2,(H,14,15). The van der Waals surface area contributed by atoms with Crippen molar-refractivity contribution in [3.8, 4) is 0 Å². The molecular formula is C11H10ClFN2. The molecule has 15 heavy (non-hydrogen) atoms. The van der Waals surface area contributed by atoms with Gasteiger partial charge in [0, 0.05) is 18.3 Å². The molecule has 2 rings (SSSR count). The Morgan fingerprint density at radius 3 is 2.93 bits per heavy atom. The molecule has 0 saturated heterocycles. The van der Waals surface area contributed by atoms with Gasteiger partial charge in [0.1, 0.15) is 11.6 Å². The summed E-state index contributed by atoms with van der Waals surface area (Å²) in [5, 5.41) is 0. The predicted octanol–water partition coefficient (Wildman–Crippen LogP) is 2.88. The maximum absolute atomic E-state index is 12.9. The van der Waals surface area contributed by atoms with Crippen molar-refractivity contribution >= 4 is 11.6 Å². The van der Waals surface area contributed by atoms with Crippen LogP contribution in [0.1, 0.15) is 17.1 Å². The quantitative estimate of drug-likeness (QED) is 0.798. The van der Waals surface area contributed by atoms with Crippen molar-refractivity contribution in [2.75, 3.05) is 0 Å². The van der Waals surface area contributed by atoms with Crippen LogP contribution in [0.15, 0.2) is 30.5 Å². The highest BCUT2D eigenvalue weighted by Gasteiger charge is 2.02. The normalized spacial score (nSPS) is 10.5. The number of aromatic amines is 1. The van der Waals surface area contributed by atoms with Crippen molar-refractivity contribution in [3.05, 3.63) is 53.4 Å². The summed E-state index contributed by atoms with van der Waals surface area (Å²) >= 11 is 5.64. The van der Waals surface area contributed by atoms with Crippen molar-refractivity contribution in [1.29, 1.82) is 0 Å². The number of hydrogen-bond acceptors (Lipinski definition) is 1. The Balaban J connectivity index is 2.14. The average molecular weight is 225 g/mol. The molecule has 2 nitrogen and oxygen atoms in total. The third-order valence-electron chi connectivity index (χ3n) is 2.09. The van der Waals surface area contributed by atoms with Gasteiger partial charge in [-0.15, -0.1) is 11.6 Å². The molecule has 0 amide bonds. The summed E-state index contributed by atoms with van der Waals surface area (Å²) in [7, 11) is 0. The van der Waals surface area contributed by atoms with E-state index in [2.05, 4.69) is 9.97 Å². The molecule has 0 aliphatic rings. The molecule has 0 atom stereocenters. The number of nitrogens with zero attached hydrogens (tertiary/aromatic N) is 1. The zero-order chi connectivity index (χ0) is 10.7. The zero-order valence-corrected chi connectivity index (χ0v) is 8.76. The van der Waals surface area contributed by atoms with Gasteiger partial charge in [0.25, 0.3) is 0 Å². The van der Waals surface area contributed by atoms with Gasteiger partial charge in [0.05, 0.1) is 5.88 Å². The lowest BCUT2D eigenvalue weighted by Crippen LogP contribution is -1.91. The molecule has 0 unspecified atom stereocenters. The van der Waals surface area contributed by atoms with E-state index in [1.807, 2.05) is 6.07 Å². The van der Waals surface area contributed by atoms with Crippen LogP contribution in [-0.2, 0) is 12.3 Å². The second kappa shape index (κ2) is 4.45. The van der Waals surface area contributed by atoms with Gasteiger partial charge < -0.3 is 4.98 Å². The fourth-order valence-corrected chi connectivity index (χ4v) is 1.54. The number of halogens is 2. The molecule has 2 aromatic rings. The number of aromatic nitrogens is 2. The zero-order valence-electron chi connectivity index (χ0n) is 8.00. The molecule has 0 radical (unpaired) electrons. The van der Waals surface area contributed by atoms with Crippen LogP contribution in [0.5, 0.6) is 0 Å². The van der Waals surface area contributed by atoms with E-state index in [9.17, 15) is 4.39 Å². The Morgan fingerprint density at radius 1 is 1.40 bits per heavy atom. The van der Waals surface area contributed by atoms with E-state index in [1.54, 1.807) is 12.3 Å². The van der Waals surface area contributed by atoms with Crippen molar-refractivity contribution in [2.24, 2.45) is 0 Å². The SMILES string of the molecule is Fc1cccc(Cc2ncc(CCl)[nH]2)c1. The summed E-state index contributed by atoms with van der Waals surface area (Å²) in [6.45, 7) is 0. The van der Waals surface area contributed by atoms with Crippen LogP contribution in [0.4, 0.5) is 4.39 Å². The van der Waals surface area contributed by atoms with Crippen LogP contribution >= 0.6 is 11.6 Å². The van der Waals surface area contributed by atoms with Crippen LogP contribution in [0.2, 0.25) is 0 Å². The van der Waals surface area contributed by atoms with Crippen LogP contribution in [0, 0.1) is 5.82 Å². The van der Waals surface area contributed by atoms with E-state index in [-0.39, 0.29) is 5.82 Å². The van der Waals surface area contributed by atoms with Gasteiger partial charge >= 0.3 is 0 Å². The van der Waals surface area contributed by atoms with Gasteiger partial charge in [-0.1, -0.05) is 12.1 Å². The Labute approximate surface area is 92.1 Å². The van der Waals surface area contributed by atoms with Crippen LogP contribution < -0.4 is 0 Å². The second-order valence-corrected chi connectivity index (χ2v) is 3.56. The first kappa shape index (κ1) is 10.2. The first-order valence-electron chi connectivity index (χ1n) is 4.61. The molecule has 4 heteroatoms. The third kappa shape index (κ3) is 2.57. The summed E-state index contributed by atoms with van der Waals surface area (Å²) < 4.78 is 12.9. The number of nitrogens with one attached hydrogen (secondary N) is 1. The molecule has 0 spiro atoms. The topological polar surface area (TPSA) is 28.7 Å². The number of alkyl halides is 1. The number of imidazole rings is 1. The fraction of sp³-hybridized carbons (Fsp3) is 0.182. The van der Waals surface area contributed by atoms with Crippen molar-refractivity contribution < 1.29 is 4.39 Å². The number of benzene rings is 1. The molecule has 1 heterocycles. The Morgan fingerprint density at radius 2 is 2.27 bits per heavy atom. The van der Waals surface area contributed by atoms with Crippen molar-refractivity contribution in [2.45, 2.75) is 12.3 Å². The summed E-state index contributed by atoms with van der Waals surface area (Å²) in [5.41, 5.74) is 1.77. The number of hydrogen-bond donors (Lipinski definition) is 1. The predicted molar refractivity (Wildman–Crippen MR) is 57.4 cm³/mol. The third-order valence-corrected chi connectivity index (χ3v) is 2.37. The molecule has 0 bridgehead atoms. The van der Waals surface area contributed by atoms with Gasteiger partial charge in [0.15, 0.2) is 0 Å². The first-order chi connectivity index (χ1) is 7.28. The van der Waals surface area contributed by atoms with Gasteiger partial charge in [0.2, 0.25) is 0 Å². The van der Waals surface area contributed by atoms with Gasteiger partial charge in [-0.25, -0.2) is 9.37 Å². The van der Waals surface area contributed by atoms with E-state index in [1.165, 1.54) is 12.1 Å². The monoisotopic (exact) mass is 224 g/mol. The molecule has 0 aliphatic heterocycles. The minimum Gasteiger partial charge on any atom is -0.345 e.